The van der Waals surface area contributed by atoms with Gasteiger partial charge < -0.3 is 18.9 Å². The van der Waals surface area contributed by atoms with Crippen LogP contribution >= 0.6 is 0 Å². The third kappa shape index (κ3) is 3.66. The van der Waals surface area contributed by atoms with Crippen molar-refractivity contribution < 1.29 is 23.3 Å². The second kappa shape index (κ2) is 7.09. The highest BCUT2D eigenvalue weighted by Gasteiger charge is 2.36. The second-order valence-corrected chi connectivity index (χ2v) is 5.12. The Balaban J connectivity index is 2.33. The zero-order valence-electron chi connectivity index (χ0n) is 12.9. The molecule has 0 unspecified atom stereocenters. The van der Waals surface area contributed by atoms with E-state index in [-0.39, 0.29) is 0 Å². The normalized spacial score (nSPS) is 17.0. The van der Waals surface area contributed by atoms with Crippen LogP contribution in [-0.2, 0) is 15.3 Å². The molecule has 0 bridgehead atoms. The molecule has 0 radical (unpaired) electrons. The molecule has 1 aliphatic rings. The van der Waals surface area contributed by atoms with Crippen molar-refractivity contribution in [3.8, 4) is 11.5 Å². The highest BCUT2D eigenvalue weighted by Crippen LogP contribution is 2.39. The average molecular weight is 298 g/mol. The quantitative estimate of drug-likeness (QED) is 0.770. The smallest absolute Gasteiger partial charge is 0.195 e. The molecule has 1 aliphatic heterocycles. The zero-order chi connectivity index (χ0) is 15.3. The van der Waals surface area contributed by atoms with Gasteiger partial charge in [0.1, 0.15) is 5.82 Å². The summed E-state index contributed by atoms with van der Waals surface area (Å²) in [7, 11) is 0. The molecule has 4 nitrogen and oxygen atoms in total. The van der Waals surface area contributed by atoms with E-state index in [2.05, 4.69) is 0 Å². The van der Waals surface area contributed by atoms with Crippen LogP contribution in [0.25, 0.3) is 0 Å². The molecular formula is C16H23FO4. The van der Waals surface area contributed by atoms with Gasteiger partial charge >= 0.3 is 0 Å². The Hall–Kier alpha value is -1.33. The maximum Gasteiger partial charge on any atom is 0.195 e. The first-order valence-electron chi connectivity index (χ1n) is 7.48. The van der Waals surface area contributed by atoms with Crippen LogP contribution in [0.3, 0.4) is 0 Å². The van der Waals surface area contributed by atoms with Crippen LogP contribution in [0.1, 0.15) is 39.2 Å². The third-order valence-electron chi connectivity index (χ3n) is 3.28. The van der Waals surface area contributed by atoms with Crippen LogP contribution in [0, 0.1) is 5.82 Å². The van der Waals surface area contributed by atoms with Crippen molar-refractivity contribution in [1.82, 2.24) is 0 Å². The van der Waals surface area contributed by atoms with Gasteiger partial charge in [-0.15, -0.1) is 0 Å². The molecule has 1 aromatic carbocycles. The first-order valence-corrected chi connectivity index (χ1v) is 7.48. The highest BCUT2D eigenvalue weighted by molar-refractivity contribution is 5.45. The van der Waals surface area contributed by atoms with E-state index >= 15 is 0 Å². The molecule has 5 heteroatoms. The molecule has 0 N–H and O–H groups in total. The molecular weight excluding hydrogens is 275 g/mol. The Morgan fingerprint density at radius 1 is 1.05 bits per heavy atom. The van der Waals surface area contributed by atoms with Gasteiger partial charge in [0.2, 0.25) is 0 Å². The second-order valence-electron chi connectivity index (χ2n) is 5.12. The first-order chi connectivity index (χ1) is 10.1. The maximum atomic E-state index is 14.4. The third-order valence-corrected chi connectivity index (χ3v) is 3.28. The van der Waals surface area contributed by atoms with Gasteiger partial charge in [-0.3, -0.25) is 0 Å². The molecule has 0 aromatic heterocycles. The molecule has 1 heterocycles. The molecule has 1 saturated heterocycles. The number of hydrogen-bond acceptors (Lipinski definition) is 4. The standard InChI is InChI=1S/C16H23FO4/c1-4-6-18-14-10-12(16(3)20-8-9-21-16)13(17)11-15(14)19-7-5-2/h10-11H,4-9H2,1-3H3. The van der Waals surface area contributed by atoms with Gasteiger partial charge in [0.05, 0.1) is 32.0 Å². The van der Waals surface area contributed by atoms with Crippen LogP contribution in [0.15, 0.2) is 12.1 Å². The van der Waals surface area contributed by atoms with Gasteiger partial charge in [-0.05, 0) is 25.8 Å². The Kier molecular flexibility index (Phi) is 5.42. The van der Waals surface area contributed by atoms with E-state index in [0.29, 0.717) is 43.5 Å². The van der Waals surface area contributed by atoms with Crippen LogP contribution in [0.2, 0.25) is 0 Å². The van der Waals surface area contributed by atoms with Crippen LogP contribution in [-0.4, -0.2) is 26.4 Å². The molecule has 1 fully saturated rings. The summed E-state index contributed by atoms with van der Waals surface area (Å²) in [5.74, 6) is -0.512. The van der Waals surface area contributed by atoms with Crippen LogP contribution < -0.4 is 9.47 Å². The lowest BCUT2D eigenvalue weighted by Gasteiger charge is -2.24. The van der Waals surface area contributed by atoms with Crippen molar-refractivity contribution in [3.05, 3.63) is 23.5 Å². The molecule has 21 heavy (non-hydrogen) atoms. The Morgan fingerprint density at radius 3 is 2.10 bits per heavy atom. The van der Waals surface area contributed by atoms with Crippen molar-refractivity contribution >= 4 is 0 Å². The number of hydrogen-bond donors (Lipinski definition) is 0. The minimum absolute atomic E-state index is 0.343. The molecule has 0 atom stereocenters. The van der Waals surface area contributed by atoms with Gasteiger partial charge in [0.25, 0.3) is 0 Å². The topological polar surface area (TPSA) is 36.9 Å². The van der Waals surface area contributed by atoms with Crippen molar-refractivity contribution in [2.24, 2.45) is 0 Å². The number of halogens is 1. The molecule has 0 amide bonds. The molecule has 0 aliphatic carbocycles. The molecule has 1 aromatic rings. The summed E-state index contributed by atoms with van der Waals surface area (Å²) in [6.07, 6.45) is 1.71. The van der Waals surface area contributed by atoms with E-state index in [9.17, 15) is 4.39 Å². The predicted octanol–water partition coefficient (Wildman–Crippen LogP) is 3.62. The van der Waals surface area contributed by atoms with Crippen molar-refractivity contribution in [2.45, 2.75) is 39.4 Å². The molecule has 2 rings (SSSR count). The summed E-state index contributed by atoms with van der Waals surface area (Å²) in [5.41, 5.74) is 0.343. The predicted molar refractivity (Wildman–Crippen MR) is 77.2 cm³/mol. The van der Waals surface area contributed by atoms with E-state index in [1.807, 2.05) is 13.8 Å². The summed E-state index contributed by atoms with van der Waals surface area (Å²) in [5, 5.41) is 0. The fourth-order valence-corrected chi connectivity index (χ4v) is 2.20. The highest BCUT2D eigenvalue weighted by atomic mass is 19.1. The summed E-state index contributed by atoms with van der Waals surface area (Å²) in [4.78, 5) is 0. The van der Waals surface area contributed by atoms with Crippen molar-refractivity contribution in [3.63, 3.8) is 0 Å². The van der Waals surface area contributed by atoms with E-state index in [0.717, 1.165) is 12.8 Å². The minimum atomic E-state index is -1.06. The summed E-state index contributed by atoms with van der Waals surface area (Å²) < 4.78 is 36.7. The maximum absolute atomic E-state index is 14.4. The van der Waals surface area contributed by atoms with Crippen molar-refractivity contribution in [2.75, 3.05) is 26.4 Å². The van der Waals surface area contributed by atoms with Gasteiger partial charge in [0.15, 0.2) is 17.3 Å². The van der Waals surface area contributed by atoms with E-state index in [4.69, 9.17) is 18.9 Å². The average Bonchev–Trinajstić information content (AvgIpc) is 2.91. The lowest BCUT2D eigenvalue weighted by molar-refractivity contribution is -0.151. The molecule has 0 spiro atoms. The van der Waals surface area contributed by atoms with Gasteiger partial charge in [-0.1, -0.05) is 13.8 Å². The number of rotatable bonds is 7. The summed E-state index contributed by atoms with van der Waals surface area (Å²) in [6.45, 7) is 7.70. The van der Waals surface area contributed by atoms with E-state index < -0.39 is 11.6 Å². The number of ether oxygens (including phenoxy) is 4. The monoisotopic (exact) mass is 298 g/mol. The molecule has 118 valence electrons. The van der Waals surface area contributed by atoms with Crippen LogP contribution in [0.4, 0.5) is 4.39 Å². The summed E-state index contributed by atoms with van der Waals surface area (Å²) in [6, 6.07) is 2.98. The zero-order valence-corrected chi connectivity index (χ0v) is 12.9. The Bertz CT molecular complexity index is 470. The first kappa shape index (κ1) is 16.0. The van der Waals surface area contributed by atoms with Crippen LogP contribution in [0.5, 0.6) is 11.5 Å². The van der Waals surface area contributed by atoms with Crippen molar-refractivity contribution in [1.29, 1.82) is 0 Å². The lowest BCUT2D eigenvalue weighted by Crippen LogP contribution is -2.24. The summed E-state index contributed by atoms with van der Waals surface area (Å²) >= 11 is 0. The molecule has 0 saturated carbocycles. The minimum Gasteiger partial charge on any atom is -0.490 e. The fraction of sp³-hybridized carbons (Fsp3) is 0.625. The lowest BCUT2D eigenvalue weighted by atomic mass is 10.1. The van der Waals surface area contributed by atoms with Gasteiger partial charge in [-0.2, -0.15) is 0 Å². The Labute approximate surface area is 125 Å². The number of benzene rings is 1. The van der Waals surface area contributed by atoms with E-state index in [1.54, 1.807) is 13.0 Å². The largest absolute Gasteiger partial charge is 0.490 e. The van der Waals surface area contributed by atoms with E-state index in [1.165, 1.54) is 6.07 Å². The fourth-order valence-electron chi connectivity index (χ4n) is 2.20. The SMILES string of the molecule is CCCOc1cc(F)c(C2(C)OCCO2)cc1OCCC. The Morgan fingerprint density at radius 2 is 1.57 bits per heavy atom. The van der Waals surface area contributed by atoms with Gasteiger partial charge in [0, 0.05) is 6.07 Å². The van der Waals surface area contributed by atoms with Gasteiger partial charge in [-0.25, -0.2) is 4.39 Å².